The Morgan fingerprint density at radius 2 is 1.42 bits per heavy atom. The van der Waals surface area contributed by atoms with E-state index in [0.717, 1.165) is 10.9 Å². The predicted molar refractivity (Wildman–Crippen MR) is 272 cm³/mol. The second kappa shape index (κ2) is 29.6. The van der Waals surface area contributed by atoms with E-state index >= 15 is 0 Å². The molecule has 0 radical (unpaired) electrons. The van der Waals surface area contributed by atoms with Crippen molar-refractivity contribution in [3.05, 3.63) is 36.0 Å². The molecule has 1 aliphatic rings. The molecule has 13 N–H and O–H groups in total. The summed E-state index contributed by atoms with van der Waals surface area (Å²) in [5.41, 5.74) is 13.4. The Hall–Kier alpha value is -5.74. The maximum Gasteiger partial charge on any atom is 0.326 e. The summed E-state index contributed by atoms with van der Waals surface area (Å²) in [6, 6.07) is -1.24. The predicted octanol–water partition coefficient (Wildman–Crippen LogP) is 0.788. The van der Waals surface area contributed by atoms with E-state index in [2.05, 4.69) is 42.2 Å². The van der Waals surface area contributed by atoms with Crippen LogP contribution < -0.4 is 48.7 Å². The molecule has 1 aliphatic heterocycles. The summed E-state index contributed by atoms with van der Waals surface area (Å²) in [4.78, 5) is 126. The lowest BCUT2D eigenvalue weighted by Crippen LogP contribution is -2.60. The van der Waals surface area contributed by atoms with Gasteiger partial charge in [0, 0.05) is 30.1 Å². The van der Waals surface area contributed by atoms with Crippen molar-refractivity contribution in [3.63, 3.8) is 0 Å². The molecule has 0 aliphatic carbocycles. The number of aliphatic carboxylic acids is 1. The number of aromatic nitrogens is 1. The van der Waals surface area contributed by atoms with Gasteiger partial charge in [-0.15, -0.1) is 0 Å². The Kier molecular flexibility index (Phi) is 24.8. The van der Waals surface area contributed by atoms with Crippen molar-refractivity contribution in [2.45, 2.75) is 155 Å². The highest BCUT2D eigenvalue weighted by Crippen LogP contribution is 2.21. The maximum atomic E-state index is 14.2. The molecule has 1 saturated heterocycles. The molecule has 1 aromatic heterocycles. The third-order valence-electron chi connectivity index (χ3n) is 12.7. The molecule has 1 fully saturated rings. The molecule has 71 heavy (non-hydrogen) atoms. The number of unbranched alkanes of at least 4 members (excludes halogenated alkanes) is 1. The molecular weight excluding hydrogens is 935 g/mol. The Morgan fingerprint density at radius 1 is 0.789 bits per heavy atom. The number of carbonyl (C=O) groups excluding carboxylic acids is 8. The highest BCUT2D eigenvalue weighted by molar-refractivity contribution is 7.98. The van der Waals surface area contributed by atoms with Gasteiger partial charge in [-0.2, -0.15) is 11.8 Å². The Morgan fingerprint density at radius 3 is 2.06 bits per heavy atom. The zero-order chi connectivity index (χ0) is 52.9. The molecule has 2 heterocycles. The highest BCUT2D eigenvalue weighted by Gasteiger charge is 2.38. The molecule has 1 aromatic carbocycles. The molecule has 396 valence electrons. The quantitative estimate of drug-likeness (QED) is 0.0483. The average Bonchev–Trinajstić information content (AvgIpc) is 3.99. The van der Waals surface area contributed by atoms with Crippen molar-refractivity contribution in [2.75, 3.05) is 31.6 Å². The summed E-state index contributed by atoms with van der Waals surface area (Å²) in [7, 11) is 0. The first-order valence-electron chi connectivity index (χ1n) is 24.7. The van der Waals surface area contributed by atoms with Crippen LogP contribution in [0.1, 0.15) is 105 Å². The van der Waals surface area contributed by atoms with Crippen LogP contribution in [-0.4, -0.2) is 148 Å². The number of nitrogens with two attached hydrogens (primary N) is 2. The minimum absolute atomic E-state index is 0.0141. The second-order valence-electron chi connectivity index (χ2n) is 19.2. The van der Waals surface area contributed by atoms with E-state index in [4.69, 9.17) is 11.5 Å². The molecule has 2 aromatic rings. The minimum atomic E-state index is -1.23. The van der Waals surface area contributed by atoms with Crippen molar-refractivity contribution in [3.8, 4) is 0 Å². The van der Waals surface area contributed by atoms with Gasteiger partial charge in [0.2, 0.25) is 47.3 Å². The van der Waals surface area contributed by atoms with Crippen LogP contribution in [0.5, 0.6) is 0 Å². The van der Waals surface area contributed by atoms with E-state index in [-0.39, 0.29) is 31.7 Å². The van der Waals surface area contributed by atoms with Gasteiger partial charge in [-0.3, -0.25) is 38.4 Å². The smallest absolute Gasteiger partial charge is 0.326 e. The number of likely N-dealkylation sites (tertiary alicyclic amines) is 1. The Bertz CT molecular complexity index is 2140. The standard InChI is InChI=1S/C49H79N11O10S/c1-9-29(6)41(48(68)53-26-39(61)60-21-14-18-38(60)47(67)58-40(28(4)5)49(69)70)59-45(65)35(17-12-13-20-50)55-42(62)30(7)54-46(66)37(24-31-25-52-34-16-11-10-15-32(31)34)57-44(64)36(19-22-71-8)56-43(63)33(51)23-27(2)3/h10-11,15-16,25,27-30,33,35-38,40-41,52H,9,12-14,17-24,26,50-51H2,1-8H3,(H,53,68)(H,54,66)(H,55,62)(H,56,63)(H,57,64)(H,58,67)(H,59,65)(H,69,70)/t29-,30-,33-,35-,36-,37-,38-,40-,41-/m0/s1. The molecule has 9 atom stereocenters. The van der Waals surface area contributed by atoms with E-state index in [9.17, 15) is 48.3 Å². The van der Waals surface area contributed by atoms with Crippen molar-refractivity contribution in [2.24, 2.45) is 29.2 Å². The molecule has 3 rings (SSSR count). The van der Waals surface area contributed by atoms with E-state index < -0.39 is 120 Å². The molecule has 0 saturated carbocycles. The Balaban J connectivity index is 1.78. The molecule has 8 amide bonds. The number of para-hydroxylation sites is 1. The molecule has 0 spiro atoms. The largest absolute Gasteiger partial charge is 0.480 e. The van der Waals surface area contributed by atoms with Crippen LogP contribution in [0.3, 0.4) is 0 Å². The van der Waals surface area contributed by atoms with Crippen LogP contribution >= 0.6 is 11.8 Å². The summed E-state index contributed by atoms with van der Waals surface area (Å²) in [6.07, 6.45) is 6.61. The molecule has 0 bridgehead atoms. The number of nitrogens with zero attached hydrogens (tertiary/aromatic N) is 1. The summed E-state index contributed by atoms with van der Waals surface area (Å²) in [5.74, 6) is -6.41. The number of nitrogens with one attached hydrogen (secondary N) is 8. The van der Waals surface area contributed by atoms with Crippen LogP contribution in [-0.2, 0) is 49.6 Å². The number of amides is 8. The number of thioether (sulfide) groups is 1. The summed E-state index contributed by atoms with van der Waals surface area (Å²) < 4.78 is 0. The van der Waals surface area contributed by atoms with E-state index in [0.29, 0.717) is 56.4 Å². The SMILES string of the molecule is CC[C@H](C)[C@H](NC(=O)[C@H](CCCCN)NC(=O)[C@H](C)NC(=O)[C@H](Cc1c[nH]c2ccccc12)NC(=O)[C@H](CCSC)NC(=O)[C@@H](N)CC(C)C)C(=O)NCC(=O)N1CCC[C@H]1C(=O)N[C@H](C(=O)O)C(C)C. The third-order valence-corrected chi connectivity index (χ3v) is 13.3. The van der Waals surface area contributed by atoms with Gasteiger partial charge >= 0.3 is 5.97 Å². The zero-order valence-electron chi connectivity index (χ0n) is 42.6. The number of H-pyrrole nitrogens is 1. The van der Waals surface area contributed by atoms with Crippen LogP contribution in [0.25, 0.3) is 10.9 Å². The van der Waals surface area contributed by atoms with Crippen LogP contribution in [0.2, 0.25) is 0 Å². The number of carbonyl (C=O) groups is 9. The van der Waals surface area contributed by atoms with E-state index in [1.165, 1.54) is 23.6 Å². The number of hydrogen-bond acceptors (Lipinski definition) is 12. The van der Waals surface area contributed by atoms with Gasteiger partial charge in [0.05, 0.1) is 12.6 Å². The maximum absolute atomic E-state index is 14.2. The van der Waals surface area contributed by atoms with Gasteiger partial charge in [0.1, 0.15) is 42.3 Å². The lowest BCUT2D eigenvalue weighted by atomic mass is 9.97. The summed E-state index contributed by atoms with van der Waals surface area (Å²) in [5, 5.41) is 29.2. The van der Waals surface area contributed by atoms with Crippen LogP contribution in [0, 0.1) is 17.8 Å². The van der Waals surface area contributed by atoms with Crippen LogP contribution in [0.15, 0.2) is 30.5 Å². The molecule has 21 nitrogen and oxygen atoms in total. The summed E-state index contributed by atoms with van der Waals surface area (Å²) >= 11 is 1.48. The zero-order valence-corrected chi connectivity index (χ0v) is 43.4. The van der Waals surface area contributed by atoms with Gasteiger partial charge in [0.15, 0.2) is 0 Å². The number of aromatic amines is 1. The Labute approximate surface area is 421 Å². The molecular formula is C49H79N11O10S. The molecule has 0 unspecified atom stereocenters. The first-order valence-corrected chi connectivity index (χ1v) is 26.1. The van der Waals surface area contributed by atoms with Crippen molar-refractivity contribution >= 4 is 75.9 Å². The van der Waals surface area contributed by atoms with E-state index in [1.807, 2.05) is 51.3 Å². The van der Waals surface area contributed by atoms with Gasteiger partial charge in [-0.25, -0.2) is 4.79 Å². The van der Waals surface area contributed by atoms with Crippen molar-refractivity contribution in [1.29, 1.82) is 0 Å². The van der Waals surface area contributed by atoms with Crippen LogP contribution in [0.4, 0.5) is 0 Å². The second-order valence-corrected chi connectivity index (χ2v) is 20.2. The third kappa shape index (κ3) is 18.4. The summed E-state index contributed by atoms with van der Waals surface area (Å²) in [6.45, 7) is 12.2. The molecule has 22 heteroatoms. The fourth-order valence-electron chi connectivity index (χ4n) is 8.27. The monoisotopic (exact) mass is 1010 g/mol. The minimum Gasteiger partial charge on any atom is -0.480 e. The van der Waals surface area contributed by atoms with Crippen molar-refractivity contribution in [1.82, 2.24) is 47.1 Å². The number of carboxylic acids is 1. The van der Waals surface area contributed by atoms with Gasteiger partial charge in [-0.1, -0.05) is 66.2 Å². The number of carboxylic acid groups (broad SMARTS) is 1. The lowest BCUT2D eigenvalue weighted by molar-refractivity contribution is -0.145. The highest BCUT2D eigenvalue weighted by atomic mass is 32.2. The normalized spacial score (nSPS) is 17.0. The average molecular weight is 1010 g/mol. The van der Waals surface area contributed by atoms with E-state index in [1.54, 1.807) is 27.0 Å². The van der Waals surface area contributed by atoms with Gasteiger partial charge < -0.3 is 63.7 Å². The van der Waals surface area contributed by atoms with Crippen molar-refractivity contribution < 1.29 is 48.3 Å². The number of benzene rings is 1. The number of hydrogen-bond donors (Lipinski definition) is 11. The lowest BCUT2D eigenvalue weighted by Gasteiger charge is -2.29. The van der Waals surface area contributed by atoms with Gasteiger partial charge in [-0.05, 0) is 99.8 Å². The topological polar surface area (TPSA) is 329 Å². The fourth-order valence-corrected chi connectivity index (χ4v) is 8.74. The fraction of sp³-hybridized carbons (Fsp3) is 0.653. The number of fused-ring (bicyclic) bond motifs is 1. The van der Waals surface area contributed by atoms with Gasteiger partial charge in [0.25, 0.3) is 0 Å². The first kappa shape index (κ1) is 59.6. The first-order chi connectivity index (χ1) is 33.6. The number of rotatable bonds is 30.